The first kappa shape index (κ1) is 8.12. The standard InChI is InChI=1S/C7H10O2/c1-3-4-7(5-8)6(2)9/h3-4H2,1-2H3. The molecule has 0 radical (unpaired) electrons. The third kappa shape index (κ3) is 2.83. The highest BCUT2D eigenvalue weighted by Gasteiger charge is 2.01. The molecule has 2 nitrogen and oxygen atoms in total. The summed E-state index contributed by atoms with van der Waals surface area (Å²) in [5.74, 6) is 1.46. The van der Waals surface area contributed by atoms with E-state index in [4.69, 9.17) is 0 Å². The van der Waals surface area contributed by atoms with Crippen molar-refractivity contribution in [1.29, 1.82) is 0 Å². The van der Waals surface area contributed by atoms with Crippen LogP contribution in [0, 0.1) is 0 Å². The number of hydrogen-bond donors (Lipinski definition) is 0. The summed E-state index contributed by atoms with van der Waals surface area (Å²) in [7, 11) is 0. The maximum absolute atomic E-state index is 10.5. The van der Waals surface area contributed by atoms with Gasteiger partial charge in [0.25, 0.3) is 0 Å². The molecule has 0 aromatic carbocycles. The van der Waals surface area contributed by atoms with E-state index in [1.165, 1.54) is 6.92 Å². The summed E-state index contributed by atoms with van der Waals surface area (Å²) in [6.07, 6.45) is 1.38. The molecule has 0 aliphatic carbocycles. The van der Waals surface area contributed by atoms with Crippen LogP contribution in [0.15, 0.2) is 5.57 Å². The lowest BCUT2D eigenvalue weighted by Crippen LogP contribution is -1.95. The Morgan fingerprint density at radius 1 is 1.56 bits per heavy atom. The Kier molecular flexibility index (Phi) is 3.65. The smallest absolute Gasteiger partial charge is 0.166 e. The third-order valence-corrected chi connectivity index (χ3v) is 1.05. The minimum atomic E-state index is -0.160. The first-order valence-corrected chi connectivity index (χ1v) is 2.97. The van der Waals surface area contributed by atoms with Crippen LogP contribution in [0.5, 0.6) is 0 Å². The lowest BCUT2D eigenvalue weighted by Gasteiger charge is -1.90. The molecule has 0 amide bonds. The second-order valence-electron chi connectivity index (χ2n) is 1.89. The number of allylic oxidation sites excluding steroid dienone is 1. The van der Waals surface area contributed by atoms with E-state index >= 15 is 0 Å². The van der Waals surface area contributed by atoms with Crippen LogP contribution in [0.4, 0.5) is 0 Å². The molecule has 0 rings (SSSR count). The Hall–Kier alpha value is -0.880. The summed E-state index contributed by atoms with van der Waals surface area (Å²) in [6.45, 7) is 3.30. The van der Waals surface area contributed by atoms with E-state index < -0.39 is 0 Å². The quantitative estimate of drug-likeness (QED) is 0.419. The molecule has 0 aliphatic heterocycles. The van der Waals surface area contributed by atoms with E-state index in [2.05, 4.69) is 0 Å². The van der Waals surface area contributed by atoms with E-state index in [1.807, 2.05) is 6.92 Å². The number of ketones is 1. The monoisotopic (exact) mass is 126 g/mol. The van der Waals surface area contributed by atoms with Crippen LogP contribution in [0.1, 0.15) is 26.7 Å². The van der Waals surface area contributed by atoms with E-state index in [-0.39, 0.29) is 11.4 Å². The summed E-state index contributed by atoms with van der Waals surface area (Å²) >= 11 is 0. The molecular weight excluding hydrogens is 116 g/mol. The predicted molar refractivity (Wildman–Crippen MR) is 34.8 cm³/mol. The largest absolute Gasteiger partial charge is 0.294 e. The van der Waals surface area contributed by atoms with Gasteiger partial charge < -0.3 is 0 Å². The van der Waals surface area contributed by atoms with E-state index in [0.29, 0.717) is 6.42 Å². The van der Waals surface area contributed by atoms with Gasteiger partial charge in [-0.15, -0.1) is 0 Å². The molecule has 0 aliphatic rings. The zero-order chi connectivity index (χ0) is 7.28. The van der Waals surface area contributed by atoms with E-state index in [0.717, 1.165) is 6.42 Å². The highest BCUT2D eigenvalue weighted by atomic mass is 16.1. The number of hydrogen-bond acceptors (Lipinski definition) is 2. The maximum Gasteiger partial charge on any atom is 0.166 e. The van der Waals surface area contributed by atoms with Crippen molar-refractivity contribution in [3.8, 4) is 0 Å². The summed E-state index contributed by atoms with van der Waals surface area (Å²) in [5, 5.41) is 0. The Labute approximate surface area is 54.6 Å². The Morgan fingerprint density at radius 2 is 2.11 bits per heavy atom. The third-order valence-electron chi connectivity index (χ3n) is 1.05. The topological polar surface area (TPSA) is 34.1 Å². The second kappa shape index (κ2) is 4.04. The molecule has 0 N–H and O–H groups in total. The molecule has 0 heterocycles. The highest BCUT2D eigenvalue weighted by molar-refractivity contribution is 6.00. The van der Waals surface area contributed by atoms with Crippen LogP contribution in [0.2, 0.25) is 0 Å². The van der Waals surface area contributed by atoms with E-state index in [1.54, 1.807) is 5.94 Å². The van der Waals surface area contributed by atoms with Gasteiger partial charge in [-0.1, -0.05) is 13.3 Å². The molecule has 0 aromatic heterocycles. The molecule has 0 saturated heterocycles. The molecule has 0 atom stereocenters. The molecule has 2 heteroatoms. The zero-order valence-electron chi connectivity index (χ0n) is 5.73. The average Bonchev–Trinajstić information content (AvgIpc) is 1.82. The SMILES string of the molecule is CCCC(=C=O)C(C)=O. The van der Waals surface area contributed by atoms with Crippen molar-refractivity contribution in [2.24, 2.45) is 0 Å². The van der Waals surface area contributed by atoms with Crippen molar-refractivity contribution in [1.82, 2.24) is 0 Å². The first-order chi connectivity index (χ1) is 4.22. The van der Waals surface area contributed by atoms with Gasteiger partial charge in [0, 0.05) is 0 Å². The molecule has 0 spiro atoms. The molecule has 50 valence electrons. The zero-order valence-corrected chi connectivity index (χ0v) is 5.73. The molecule has 0 saturated carbocycles. The van der Waals surface area contributed by atoms with Crippen molar-refractivity contribution in [2.75, 3.05) is 0 Å². The van der Waals surface area contributed by atoms with Gasteiger partial charge in [0.2, 0.25) is 0 Å². The fraction of sp³-hybridized carbons (Fsp3) is 0.571. The molecule has 9 heavy (non-hydrogen) atoms. The molecule has 0 aromatic rings. The summed E-state index contributed by atoms with van der Waals surface area (Å²) in [6, 6.07) is 0. The Bertz CT molecular complexity index is 152. The van der Waals surface area contributed by atoms with Crippen LogP contribution in [-0.4, -0.2) is 11.7 Å². The van der Waals surface area contributed by atoms with Crippen molar-refractivity contribution in [2.45, 2.75) is 26.7 Å². The minimum Gasteiger partial charge on any atom is -0.294 e. The van der Waals surface area contributed by atoms with Gasteiger partial charge in [-0.05, 0) is 13.3 Å². The molecule has 0 fully saturated rings. The van der Waals surface area contributed by atoms with Crippen molar-refractivity contribution in [3.05, 3.63) is 5.57 Å². The lowest BCUT2D eigenvalue weighted by atomic mass is 10.1. The second-order valence-corrected chi connectivity index (χ2v) is 1.89. The minimum absolute atomic E-state index is 0.160. The van der Waals surface area contributed by atoms with Crippen molar-refractivity contribution >= 4 is 11.7 Å². The van der Waals surface area contributed by atoms with Gasteiger partial charge in [0.05, 0.1) is 5.57 Å². The normalized spacial score (nSPS) is 8.22. The first-order valence-electron chi connectivity index (χ1n) is 2.97. The fourth-order valence-corrected chi connectivity index (χ4v) is 0.549. The average molecular weight is 126 g/mol. The van der Waals surface area contributed by atoms with Crippen molar-refractivity contribution in [3.63, 3.8) is 0 Å². The van der Waals surface area contributed by atoms with Crippen LogP contribution in [0.25, 0.3) is 0 Å². The fourth-order valence-electron chi connectivity index (χ4n) is 0.549. The van der Waals surface area contributed by atoms with Crippen molar-refractivity contribution < 1.29 is 9.59 Å². The highest BCUT2D eigenvalue weighted by Crippen LogP contribution is 2.00. The Balaban J connectivity index is 4.02. The number of Topliss-reactive ketones (excluding diaryl/α,β-unsaturated/α-hetero) is 1. The Morgan fingerprint density at radius 3 is 2.22 bits per heavy atom. The van der Waals surface area contributed by atoms with Crippen LogP contribution >= 0.6 is 0 Å². The molecular formula is C7H10O2. The van der Waals surface area contributed by atoms with E-state index in [9.17, 15) is 9.59 Å². The molecule has 0 bridgehead atoms. The van der Waals surface area contributed by atoms with Crippen LogP contribution < -0.4 is 0 Å². The maximum atomic E-state index is 10.5. The van der Waals surface area contributed by atoms with Crippen LogP contribution in [-0.2, 0) is 9.59 Å². The summed E-state index contributed by atoms with van der Waals surface area (Å²) < 4.78 is 0. The molecule has 0 unspecified atom stereocenters. The number of rotatable bonds is 3. The van der Waals surface area contributed by atoms with Crippen LogP contribution in [0.3, 0.4) is 0 Å². The summed E-state index contributed by atoms with van der Waals surface area (Å²) in [5.41, 5.74) is 0.275. The van der Waals surface area contributed by atoms with Gasteiger partial charge in [-0.2, -0.15) is 0 Å². The van der Waals surface area contributed by atoms with Gasteiger partial charge in [-0.3, -0.25) is 4.79 Å². The lowest BCUT2D eigenvalue weighted by molar-refractivity contribution is -0.113. The predicted octanol–water partition coefficient (Wildman–Crippen LogP) is 1.13. The number of carbonyl (C=O) groups excluding carboxylic acids is 2. The van der Waals surface area contributed by atoms with Gasteiger partial charge in [-0.25, -0.2) is 4.79 Å². The van der Waals surface area contributed by atoms with Gasteiger partial charge in [0.15, 0.2) is 5.78 Å². The number of carbonyl (C=O) groups is 1. The summed E-state index contributed by atoms with van der Waals surface area (Å²) in [4.78, 5) is 20.4. The van der Waals surface area contributed by atoms with Gasteiger partial charge >= 0.3 is 0 Å². The van der Waals surface area contributed by atoms with Gasteiger partial charge in [0.1, 0.15) is 5.94 Å².